The third-order valence-electron chi connectivity index (χ3n) is 3.43. The van der Waals surface area contributed by atoms with Gasteiger partial charge >= 0.3 is 6.18 Å². The molecule has 0 aliphatic rings. The number of hydrogen-bond acceptors (Lipinski definition) is 1. The molecule has 0 spiro atoms. The van der Waals surface area contributed by atoms with E-state index < -0.39 is 11.7 Å². The monoisotopic (exact) mass is 279 g/mol. The minimum atomic E-state index is -4.35. The van der Waals surface area contributed by atoms with Crippen LogP contribution < -0.4 is 0 Å². The third kappa shape index (κ3) is 2.55. The lowest BCUT2D eigenvalue weighted by atomic mass is 9.91. The molecule has 0 aliphatic heterocycles. The molecule has 0 fully saturated rings. The molecule has 0 amide bonds. The van der Waals surface area contributed by atoms with Crippen LogP contribution in [-0.2, 0) is 6.18 Å². The Kier molecular flexibility index (Phi) is 3.59. The summed E-state index contributed by atoms with van der Waals surface area (Å²) in [6, 6.07) is 5.22. The third-order valence-corrected chi connectivity index (χ3v) is 3.43. The summed E-state index contributed by atoms with van der Waals surface area (Å²) in [4.78, 5) is 4.22. The van der Waals surface area contributed by atoms with Crippen LogP contribution in [0.3, 0.4) is 0 Å². The maximum absolute atomic E-state index is 13.2. The molecule has 0 N–H and O–H groups in total. The van der Waals surface area contributed by atoms with Crippen LogP contribution in [0, 0.1) is 27.7 Å². The van der Waals surface area contributed by atoms with Crippen molar-refractivity contribution >= 4 is 0 Å². The zero-order valence-electron chi connectivity index (χ0n) is 11.9. The molecule has 0 saturated carbocycles. The molecular formula is C16H16F3N. The number of nitrogens with zero attached hydrogens (tertiary/aromatic N) is 1. The Morgan fingerprint density at radius 1 is 0.950 bits per heavy atom. The van der Waals surface area contributed by atoms with E-state index in [4.69, 9.17) is 0 Å². The fraction of sp³-hybridized carbons (Fsp3) is 0.312. The highest BCUT2D eigenvalue weighted by molar-refractivity contribution is 5.70. The lowest BCUT2D eigenvalue weighted by Crippen LogP contribution is -2.12. The summed E-state index contributed by atoms with van der Waals surface area (Å²) in [5.74, 6) is 0. The van der Waals surface area contributed by atoms with Gasteiger partial charge < -0.3 is 0 Å². The van der Waals surface area contributed by atoms with Crippen molar-refractivity contribution < 1.29 is 13.2 Å². The lowest BCUT2D eigenvalue weighted by Gasteiger charge is -2.19. The van der Waals surface area contributed by atoms with Crippen molar-refractivity contribution in [2.45, 2.75) is 33.9 Å². The van der Waals surface area contributed by atoms with Crippen LogP contribution in [0.1, 0.15) is 27.8 Å². The van der Waals surface area contributed by atoms with Crippen LogP contribution in [0.2, 0.25) is 0 Å². The summed E-state index contributed by atoms with van der Waals surface area (Å²) >= 11 is 0. The van der Waals surface area contributed by atoms with Crippen LogP contribution in [0.4, 0.5) is 13.2 Å². The number of hydrogen-bond donors (Lipinski definition) is 0. The number of halogens is 3. The van der Waals surface area contributed by atoms with Gasteiger partial charge in [-0.1, -0.05) is 6.07 Å². The van der Waals surface area contributed by atoms with Gasteiger partial charge in [0.1, 0.15) is 0 Å². The van der Waals surface area contributed by atoms with Crippen LogP contribution in [0.25, 0.3) is 11.3 Å². The second-order valence-corrected chi connectivity index (χ2v) is 5.10. The molecule has 4 heteroatoms. The van der Waals surface area contributed by atoms with Crippen LogP contribution in [0.15, 0.2) is 24.4 Å². The highest BCUT2D eigenvalue weighted by Gasteiger charge is 2.35. The first-order valence-corrected chi connectivity index (χ1v) is 6.33. The summed E-state index contributed by atoms with van der Waals surface area (Å²) in [5.41, 5.74) is 2.89. The summed E-state index contributed by atoms with van der Waals surface area (Å²) in [6.45, 7) is 6.73. The number of aryl methyl sites for hydroxylation is 3. The summed E-state index contributed by atoms with van der Waals surface area (Å²) < 4.78 is 39.6. The van der Waals surface area contributed by atoms with Crippen molar-refractivity contribution in [3.8, 4) is 11.3 Å². The molecule has 1 aromatic heterocycles. The van der Waals surface area contributed by atoms with E-state index in [9.17, 15) is 13.2 Å². The van der Waals surface area contributed by atoms with Crippen molar-refractivity contribution in [2.24, 2.45) is 0 Å². The fourth-order valence-electron chi connectivity index (χ4n) is 2.69. The Morgan fingerprint density at radius 3 is 2.15 bits per heavy atom. The topological polar surface area (TPSA) is 12.9 Å². The Labute approximate surface area is 116 Å². The number of rotatable bonds is 1. The average molecular weight is 279 g/mol. The quantitative estimate of drug-likeness (QED) is 0.715. The van der Waals surface area contributed by atoms with Crippen molar-refractivity contribution in [1.29, 1.82) is 0 Å². The molecule has 2 rings (SSSR count). The van der Waals surface area contributed by atoms with Gasteiger partial charge in [-0.3, -0.25) is 4.98 Å². The molecule has 1 heterocycles. The average Bonchev–Trinajstić information content (AvgIpc) is 2.25. The van der Waals surface area contributed by atoms with E-state index in [1.54, 1.807) is 12.3 Å². The number of benzene rings is 1. The normalized spacial score (nSPS) is 11.8. The first-order chi connectivity index (χ1) is 9.21. The van der Waals surface area contributed by atoms with Crippen molar-refractivity contribution in [3.63, 3.8) is 0 Å². The highest BCUT2D eigenvalue weighted by atomic mass is 19.4. The Hall–Kier alpha value is -1.84. The first-order valence-electron chi connectivity index (χ1n) is 6.33. The van der Waals surface area contributed by atoms with Gasteiger partial charge in [0.25, 0.3) is 0 Å². The molecule has 0 radical (unpaired) electrons. The molecule has 2 aromatic rings. The number of alkyl halides is 3. The summed E-state index contributed by atoms with van der Waals surface area (Å²) in [7, 11) is 0. The molecule has 0 bridgehead atoms. The second kappa shape index (κ2) is 4.93. The van der Waals surface area contributed by atoms with Gasteiger partial charge in [-0.2, -0.15) is 13.2 Å². The Bertz CT molecular complexity index is 658. The van der Waals surface area contributed by atoms with Gasteiger partial charge in [-0.25, -0.2) is 0 Å². The number of aromatic nitrogens is 1. The Balaban J connectivity index is 2.78. The van der Waals surface area contributed by atoms with E-state index in [0.717, 1.165) is 11.1 Å². The van der Waals surface area contributed by atoms with Gasteiger partial charge in [0, 0.05) is 11.8 Å². The van der Waals surface area contributed by atoms with Crippen molar-refractivity contribution in [1.82, 2.24) is 4.98 Å². The highest BCUT2D eigenvalue weighted by Crippen LogP contribution is 2.39. The lowest BCUT2D eigenvalue weighted by molar-refractivity contribution is -0.138. The first kappa shape index (κ1) is 14.6. The Morgan fingerprint density at radius 2 is 1.60 bits per heavy atom. The standard InChI is InChI=1S/C16H16F3N/c1-9-5-6-20-13(7-9)14-10(2)8-11(3)15(12(14)4)16(17,18)19/h5-8H,1-4H3. The molecular weight excluding hydrogens is 263 g/mol. The van der Waals surface area contributed by atoms with E-state index in [1.165, 1.54) is 13.8 Å². The van der Waals surface area contributed by atoms with Crippen LogP contribution >= 0.6 is 0 Å². The van der Waals surface area contributed by atoms with Crippen molar-refractivity contribution in [3.05, 3.63) is 52.2 Å². The second-order valence-electron chi connectivity index (χ2n) is 5.10. The molecule has 106 valence electrons. The molecule has 20 heavy (non-hydrogen) atoms. The van der Waals surface area contributed by atoms with Gasteiger partial charge in [-0.05, 0) is 62.1 Å². The van der Waals surface area contributed by atoms with Gasteiger partial charge in [-0.15, -0.1) is 0 Å². The fourth-order valence-corrected chi connectivity index (χ4v) is 2.69. The minimum Gasteiger partial charge on any atom is -0.256 e. The van der Waals surface area contributed by atoms with Gasteiger partial charge in [0.15, 0.2) is 0 Å². The SMILES string of the molecule is Cc1ccnc(-c2c(C)cc(C)c(C(F)(F)F)c2C)c1. The van der Waals surface area contributed by atoms with Crippen molar-refractivity contribution in [2.75, 3.05) is 0 Å². The molecule has 0 saturated heterocycles. The molecule has 1 aromatic carbocycles. The predicted octanol–water partition coefficient (Wildman–Crippen LogP) is 5.00. The van der Waals surface area contributed by atoms with E-state index in [0.29, 0.717) is 11.3 Å². The molecule has 1 nitrogen and oxygen atoms in total. The van der Waals surface area contributed by atoms with Crippen LogP contribution in [-0.4, -0.2) is 4.98 Å². The maximum atomic E-state index is 13.2. The van der Waals surface area contributed by atoms with E-state index >= 15 is 0 Å². The van der Waals surface area contributed by atoms with E-state index in [-0.39, 0.29) is 11.1 Å². The smallest absolute Gasteiger partial charge is 0.256 e. The maximum Gasteiger partial charge on any atom is 0.416 e. The predicted molar refractivity (Wildman–Crippen MR) is 73.6 cm³/mol. The zero-order chi connectivity index (χ0) is 15.1. The minimum absolute atomic E-state index is 0.244. The summed E-state index contributed by atoms with van der Waals surface area (Å²) in [5, 5.41) is 0. The summed E-state index contributed by atoms with van der Waals surface area (Å²) in [6.07, 6.45) is -2.73. The molecule has 0 atom stereocenters. The number of pyridine rings is 1. The van der Waals surface area contributed by atoms with Gasteiger partial charge in [0.2, 0.25) is 0 Å². The van der Waals surface area contributed by atoms with Gasteiger partial charge in [0.05, 0.1) is 11.3 Å². The van der Waals surface area contributed by atoms with Crippen LogP contribution in [0.5, 0.6) is 0 Å². The van der Waals surface area contributed by atoms with E-state index in [1.807, 2.05) is 26.0 Å². The molecule has 0 aliphatic carbocycles. The molecule has 0 unspecified atom stereocenters. The zero-order valence-corrected chi connectivity index (χ0v) is 11.9. The largest absolute Gasteiger partial charge is 0.416 e. The van der Waals surface area contributed by atoms with E-state index in [2.05, 4.69) is 4.98 Å².